The third kappa shape index (κ3) is 1.92. The predicted octanol–water partition coefficient (Wildman–Crippen LogP) is 1.78. The van der Waals surface area contributed by atoms with Crippen LogP contribution in [-0.2, 0) is 10.0 Å². The van der Waals surface area contributed by atoms with Crippen molar-refractivity contribution in [3.05, 3.63) is 35.9 Å². The Kier molecular flexibility index (Phi) is 2.80. The van der Waals surface area contributed by atoms with Gasteiger partial charge >= 0.3 is 0 Å². The number of sulfonamides is 1. The summed E-state index contributed by atoms with van der Waals surface area (Å²) >= 11 is 0. The van der Waals surface area contributed by atoms with E-state index < -0.39 is 10.0 Å². The maximum atomic E-state index is 11.7. The quantitative estimate of drug-likeness (QED) is 0.786. The van der Waals surface area contributed by atoms with Crippen LogP contribution in [0.2, 0.25) is 0 Å². The van der Waals surface area contributed by atoms with Crippen LogP contribution in [0.25, 0.3) is 0 Å². The van der Waals surface area contributed by atoms with Gasteiger partial charge in [0.15, 0.2) is 0 Å². The molecule has 0 radical (unpaired) electrons. The molecule has 82 valence electrons. The fraction of sp³-hybridized carbons (Fsp3) is 0.455. The molecule has 1 aromatic carbocycles. The van der Waals surface area contributed by atoms with E-state index in [0.29, 0.717) is 6.54 Å². The molecular weight excluding hydrogens is 210 g/mol. The lowest BCUT2D eigenvalue weighted by Crippen LogP contribution is -2.45. The monoisotopic (exact) mass is 225 g/mol. The highest BCUT2D eigenvalue weighted by Gasteiger charge is 2.37. The molecular formula is C11H15NO2S. The van der Waals surface area contributed by atoms with E-state index in [0.717, 1.165) is 12.0 Å². The highest BCUT2D eigenvalue weighted by Crippen LogP contribution is 2.35. The number of hydrogen-bond donors (Lipinski definition) is 0. The van der Waals surface area contributed by atoms with Gasteiger partial charge in [-0.1, -0.05) is 30.3 Å². The molecule has 0 spiro atoms. The minimum Gasteiger partial charge on any atom is -0.212 e. The zero-order valence-corrected chi connectivity index (χ0v) is 9.57. The second kappa shape index (κ2) is 3.94. The Morgan fingerprint density at radius 3 is 2.47 bits per heavy atom. The first-order valence-corrected chi connectivity index (χ1v) is 6.80. The van der Waals surface area contributed by atoms with Crippen molar-refractivity contribution in [2.45, 2.75) is 19.4 Å². The van der Waals surface area contributed by atoms with Gasteiger partial charge < -0.3 is 0 Å². The highest BCUT2D eigenvalue weighted by molar-refractivity contribution is 7.89. The molecule has 3 nitrogen and oxygen atoms in total. The maximum Gasteiger partial charge on any atom is 0.214 e. The average molecular weight is 225 g/mol. The average Bonchev–Trinajstić information content (AvgIpc) is 2.17. The minimum atomic E-state index is -3.03. The molecule has 0 aliphatic carbocycles. The van der Waals surface area contributed by atoms with E-state index in [4.69, 9.17) is 0 Å². The van der Waals surface area contributed by atoms with Gasteiger partial charge in [0.1, 0.15) is 0 Å². The Labute approximate surface area is 90.8 Å². The summed E-state index contributed by atoms with van der Waals surface area (Å²) in [6.07, 6.45) is 0.934. The van der Waals surface area contributed by atoms with Crippen LogP contribution in [0.1, 0.15) is 24.9 Å². The SMILES string of the molecule is CCS(=O)(=O)N1CCC1c1ccccc1. The second-order valence-corrected chi connectivity index (χ2v) is 5.94. The summed E-state index contributed by atoms with van der Waals surface area (Å²) in [4.78, 5) is 0. The van der Waals surface area contributed by atoms with Crippen molar-refractivity contribution in [1.82, 2.24) is 4.31 Å². The van der Waals surface area contributed by atoms with E-state index in [1.165, 1.54) is 0 Å². The zero-order valence-electron chi connectivity index (χ0n) is 8.76. The van der Waals surface area contributed by atoms with Crippen LogP contribution in [0.4, 0.5) is 0 Å². The molecule has 4 heteroatoms. The van der Waals surface area contributed by atoms with Crippen LogP contribution in [-0.4, -0.2) is 25.0 Å². The van der Waals surface area contributed by atoms with Crippen LogP contribution in [0.3, 0.4) is 0 Å². The van der Waals surface area contributed by atoms with Crippen molar-refractivity contribution in [3.8, 4) is 0 Å². The molecule has 1 aliphatic heterocycles. The van der Waals surface area contributed by atoms with Crippen LogP contribution in [0.5, 0.6) is 0 Å². The van der Waals surface area contributed by atoms with E-state index in [-0.39, 0.29) is 11.8 Å². The summed E-state index contributed by atoms with van der Waals surface area (Å²) in [6.45, 7) is 2.35. The molecule has 1 aliphatic rings. The Bertz CT molecular complexity index is 427. The summed E-state index contributed by atoms with van der Waals surface area (Å²) in [6, 6.07) is 9.88. The van der Waals surface area contributed by atoms with Gasteiger partial charge in [-0.05, 0) is 18.9 Å². The fourth-order valence-corrected chi connectivity index (χ4v) is 3.20. The van der Waals surface area contributed by atoms with E-state index in [1.807, 2.05) is 30.3 Å². The summed E-state index contributed by atoms with van der Waals surface area (Å²) in [5.41, 5.74) is 1.10. The van der Waals surface area contributed by atoms with Gasteiger partial charge in [0.05, 0.1) is 11.8 Å². The molecule has 1 fully saturated rings. The van der Waals surface area contributed by atoms with Crippen molar-refractivity contribution < 1.29 is 8.42 Å². The zero-order chi connectivity index (χ0) is 10.9. The summed E-state index contributed by atoms with van der Waals surface area (Å²) in [5, 5.41) is 0. The molecule has 1 atom stereocenters. The van der Waals surface area contributed by atoms with Gasteiger partial charge in [-0.15, -0.1) is 0 Å². The Balaban J connectivity index is 2.21. The van der Waals surface area contributed by atoms with Crippen molar-refractivity contribution >= 4 is 10.0 Å². The largest absolute Gasteiger partial charge is 0.214 e. The van der Waals surface area contributed by atoms with E-state index in [2.05, 4.69) is 0 Å². The molecule has 0 saturated carbocycles. The molecule has 0 amide bonds. The first-order chi connectivity index (χ1) is 7.15. The molecule has 1 heterocycles. The van der Waals surface area contributed by atoms with Gasteiger partial charge in [0, 0.05) is 6.54 Å². The number of hydrogen-bond acceptors (Lipinski definition) is 2. The van der Waals surface area contributed by atoms with Crippen LogP contribution in [0.15, 0.2) is 30.3 Å². The van der Waals surface area contributed by atoms with Crippen LogP contribution < -0.4 is 0 Å². The first kappa shape index (κ1) is 10.6. The molecule has 0 aromatic heterocycles. The lowest BCUT2D eigenvalue weighted by atomic mass is 9.98. The topological polar surface area (TPSA) is 37.4 Å². The summed E-state index contributed by atoms with van der Waals surface area (Å²) in [7, 11) is -3.03. The standard InChI is InChI=1S/C11H15NO2S/c1-2-15(13,14)12-9-8-11(12)10-6-4-3-5-7-10/h3-7,11H,2,8-9H2,1H3. The Morgan fingerprint density at radius 1 is 1.33 bits per heavy atom. The van der Waals surface area contributed by atoms with Crippen LogP contribution >= 0.6 is 0 Å². The Hall–Kier alpha value is -0.870. The first-order valence-electron chi connectivity index (χ1n) is 5.19. The highest BCUT2D eigenvalue weighted by atomic mass is 32.2. The van der Waals surface area contributed by atoms with Crippen LogP contribution in [0, 0.1) is 0 Å². The third-order valence-electron chi connectivity index (χ3n) is 2.88. The van der Waals surface area contributed by atoms with Crippen molar-refractivity contribution in [2.75, 3.05) is 12.3 Å². The normalized spacial score (nSPS) is 22.3. The van der Waals surface area contributed by atoms with Gasteiger partial charge in [0.2, 0.25) is 10.0 Å². The summed E-state index contributed by atoms with van der Waals surface area (Å²) < 4.78 is 25.0. The molecule has 2 rings (SSSR count). The van der Waals surface area contributed by atoms with Crippen molar-refractivity contribution in [3.63, 3.8) is 0 Å². The molecule has 0 N–H and O–H groups in total. The summed E-state index contributed by atoms with van der Waals surface area (Å²) in [5.74, 6) is 0.191. The van der Waals surface area contributed by atoms with Crippen molar-refractivity contribution in [1.29, 1.82) is 0 Å². The number of rotatable bonds is 3. The maximum absolute atomic E-state index is 11.7. The van der Waals surface area contributed by atoms with E-state index >= 15 is 0 Å². The van der Waals surface area contributed by atoms with Gasteiger partial charge in [0.25, 0.3) is 0 Å². The van der Waals surface area contributed by atoms with Crippen molar-refractivity contribution in [2.24, 2.45) is 0 Å². The molecule has 1 unspecified atom stereocenters. The second-order valence-electron chi connectivity index (χ2n) is 3.73. The molecule has 0 bridgehead atoms. The number of benzene rings is 1. The predicted molar refractivity (Wildman–Crippen MR) is 60.0 cm³/mol. The molecule has 1 aromatic rings. The minimum absolute atomic E-state index is 0.0659. The lowest BCUT2D eigenvalue weighted by Gasteiger charge is -2.39. The van der Waals surface area contributed by atoms with Gasteiger partial charge in [-0.3, -0.25) is 0 Å². The van der Waals surface area contributed by atoms with E-state index in [1.54, 1.807) is 11.2 Å². The lowest BCUT2D eigenvalue weighted by molar-refractivity contribution is 0.202. The molecule has 1 saturated heterocycles. The molecule has 15 heavy (non-hydrogen) atoms. The van der Waals surface area contributed by atoms with Gasteiger partial charge in [-0.25, -0.2) is 8.42 Å². The Morgan fingerprint density at radius 2 is 2.00 bits per heavy atom. The number of nitrogens with zero attached hydrogens (tertiary/aromatic N) is 1. The smallest absolute Gasteiger partial charge is 0.212 e. The van der Waals surface area contributed by atoms with Gasteiger partial charge in [-0.2, -0.15) is 4.31 Å². The van der Waals surface area contributed by atoms with E-state index in [9.17, 15) is 8.42 Å². The fourth-order valence-electron chi connectivity index (χ4n) is 1.87. The third-order valence-corrected chi connectivity index (χ3v) is 4.76.